The Labute approximate surface area is 125 Å². The minimum Gasteiger partial charge on any atom is -0.468 e. The average Bonchev–Trinajstić information content (AvgIpc) is 3.21. The highest BCUT2D eigenvalue weighted by molar-refractivity contribution is 5.07. The fourth-order valence-electron chi connectivity index (χ4n) is 3.03. The predicted octanol–water partition coefficient (Wildman–Crippen LogP) is 1.90. The SMILES string of the molecule is C[C@@H](NC[C@H](c1ccco1)N1CCCC1)c1cnnn1C. The van der Waals surface area contributed by atoms with Gasteiger partial charge >= 0.3 is 0 Å². The summed E-state index contributed by atoms with van der Waals surface area (Å²) in [6.07, 6.45) is 6.12. The van der Waals surface area contributed by atoms with Gasteiger partial charge in [-0.2, -0.15) is 0 Å². The van der Waals surface area contributed by atoms with Crippen LogP contribution in [0.4, 0.5) is 0 Å². The highest BCUT2D eigenvalue weighted by Crippen LogP contribution is 2.25. The Morgan fingerprint density at radius 2 is 2.19 bits per heavy atom. The summed E-state index contributed by atoms with van der Waals surface area (Å²) < 4.78 is 7.46. The molecule has 2 aromatic rings. The third kappa shape index (κ3) is 3.16. The zero-order valence-electron chi connectivity index (χ0n) is 12.7. The van der Waals surface area contributed by atoms with Crippen LogP contribution in [0.3, 0.4) is 0 Å². The van der Waals surface area contributed by atoms with Crippen LogP contribution in [0.15, 0.2) is 29.0 Å². The zero-order chi connectivity index (χ0) is 14.7. The summed E-state index contributed by atoms with van der Waals surface area (Å²) >= 11 is 0. The van der Waals surface area contributed by atoms with Crippen molar-refractivity contribution in [3.05, 3.63) is 36.0 Å². The fraction of sp³-hybridized carbons (Fsp3) is 0.600. The van der Waals surface area contributed by atoms with Crippen LogP contribution in [0.25, 0.3) is 0 Å². The average molecular weight is 289 g/mol. The van der Waals surface area contributed by atoms with Crippen LogP contribution in [-0.2, 0) is 7.05 Å². The largest absolute Gasteiger partial charge is 0.468 e. The Balaban J connectivity index is 1.66. The second kappa shape index (κ2) is 6.41. The molecule has 0 aromatic carbocycles. The van der Waals surface area contributed by atoms with Gasteiger partial charge in [-0.3, -0.25) is 9.58 Å². The molecule has 1 fully saturated rings. The van der Waals surface area contributed by atoms with Crippen molar-refractivity contribution in [2.24, 2.45) is 7.05 Å². The van der Waals surface area contributed by atoms with Crippen molar-refractivity contribution in [3.8, 4) is 0 Å². The maximum Gasteiger partial charge on any atom is 0.122 e. The first-order chi connectivity index (χ1) is 10.3. The van der Waals surface area contributed by atoms with Gasteiger partial charge in [0, 0.05) is 19.6 Å². The van der Waals surface area contributed by atoms with Gasteiger partial charge in [0.05, 0.1) is 24.2 Å². The fourth-order valence-corrected chi connectivity index (χ4v) is 3.03. The molecule has 3 rings (SSSR count). The van der Waals surface area contributed by atoms with Crippen LogP contribution < -0.4 is 5.32 Å². The van der Waals surface area contributed by atoms with Crippen molar-refractivity contribution in [2.75, 3.05) is 19.6 Å². The number of hydrogen-bond acceptors (Lipinski definition) is 5. The van der Waals surface area contributed by atoms with Gasteiger partial charge in [0.25, 0.3) is 0 Å². The molecule has 6 heteroatoms. The molecule has 0 bridgehead atoms. The molecule has 1 aliphatic heterocycles. The van der Waals surface area contributed by atoms with Crippen LogP contribution in [0, 0.1) is 0 Å². The summed E-state index contributed by atoms with van der Waals surface area (Å²) in [6.45, 7) is 5.30. The Hall–Kier alpha value is -1.66. The van der Waals surface area contributed by atoms with Gasteiger partial charge < -0.3 is 9.73 Å². The first kappa shape index (κ1) is 14.3. The van der Waals surface area contributed by atoms with Gasteiger partial charge in [-0.05, 0) is 45.0 Å². The molecule has 6 nitrogen and oxygen atoms in total. The molecule has 114 valence electrons. The van der Waals surface area contributed by atoms with Crippen molar-refractivity contribution in [1.29, 1.82) is 0 Å². The topological polar surface area (TPSA) is 59.1 Å². The third-order valence-electron chi connectivity index (χ3n) is 4.26. The highest BCUT2D eigenvalue weighted by Gasteiger charge is 2.26. The molecule has 1 N–H and O–H groups in total. The van der Waals surface area contributed by atoms with Gasteiger partial charge in [0.1, 0.15) is 5.76 Å². The van der Waals surface area contributed by atoms with E-state index in [0.29, 0.717) is 6.04 Å². The van der Waals surface area contributed by atoms with Gasteiger partial charge in [0.15, 0.2) is 0 Å². The highest BCUT2D eigenvalue weighted by atomic mass is 16.3. The molecule has 0 spiro atoms. The van der Waals surface area contributed by atoms with E-state index in [1.54, 1.807) is 6.26 Å². The number of nitrogens with one attached hydrogen (secondary N) is 1. The third-order valence-corrected chi connectivity index (χ3v) is 4.26. The lowest BCUT2D eigenvalue weighted by Gasteiger charge is -2.27. The molecule has 0 aliphatic carbocycles. The van der Waals surface area contributed by atoms with Gasteiger partial charge in [-0.1, -0.05) is 5.21 Å². The number of aryl methyl sites for hydroxylation is 1. The molecule has 0 amide bonds. The number of hydrogen-bond donors (Lipinski definition) is 1. The van der Waals surface area contributed by atoms with Crippen LogP contribution in [0.2, 0.25) is 0 Å². The van der Waals surface area contributed by atoms with Gasteiger partial charge in [-0.15, -0.1) is 5.10 Å². The second-order valence-electron chi connectivity index (χ2n) is 5.69. The summed E-state index contributed by atoms with van der Waals surface area (Å²) in [4.78, 5) is 2.50. The number of aromatic nitrogens is 3. The maximum absolute atomic E-state index is 5.64. The molecule has 2 aromatic heterocycles. The summed E-state index contributed by atoms with van der Waals surface area (Å²) in [5, 5.41) is 11.5. The lowest BCUT2D eigenvalue weighted by molar-refractivity contribution is 0.205. The Bertz CT molecular complexity index is 544. The monoisotopic (exact) mass is 289 g/mol. The Morgan fingerprint density at radius 3 is 2.81 bits per heavy atom. The minimum atomic E-state index is 0.213. The number of furan rings is 1. The summed E-state index contributed by atoms with van der Waals surface area (Å²) in [5.41, 5.74) is 1.09. The van der Waals surface area contributed by atoms with E-state index in [2.05, 4.69) is 33.5 Å². The molecular weight excluding hydrogens is 266 g/mol. The molecule has 2 atom stereocenters. The quantitative estimate of drug-likeness (QED) is 0.880. The van der Waals surface area contributed by atoms with Gasteiger partial charge in [0.2, 0.25) is 0 Å². The first-order valence-corrected chi connectivity index (χ1v) is 7.61. The second-order valence-corrected chi connectivity index (χ2v) is 5.69. The molecule has 21 heavy (non-hydrogen) atoms. The molecule has 0 saturated carbocycles. The van der Waals surface area contributed by atoms with E-state index in [1.165, 1.54) is 12.8 Å². The van der Waals surface area contributed by atoms with Gasteiger partial charge in [-0.25, -0.2) is 0 Å². The molecule has 0 unspecified atom stereocenters. The minimum absolute atomic E-state index is 0.213. The van der Waals surface area contributed by atoms with E-state index < -0.39 is 0 Å². The summed E-state index contributed by atoms with van der Waals surface area (Å²) in [7, 11) is 1.92. The molecule has 1 saturated heterocycles. The van der Waals surface area contributed by atoms with E-state index in [-0.39, 0.29) is 6.04 Å². The van der Waals surface area contributed by atoms with E-state index in [0.717, 1.165) is 31.1 Å². The predicted molar refractivity (Wildman–Crippen MR) is 79.7 cm³/mol. The van der Waals surface area contributed by atoms with Crippen molar-refractivity contribution in [2.45, 2.75) is 31.8 Å². The standard InChI is InChI=1S/C15H23N5O/c1-12(13-11-17-18-19(13)2)16-10-14(15-6-5-9-21-15)20-7-3-4-8-20/h5-6,9,11-12,14,16H,3-4,7-8,10H2,1-2H3/t12-,14-/m1/s1. The number of nitrogens with zero attached hydrogens (tertiary/aromatic N) is 4. The molecule has 3 heterocycles. The van der Waals surface area contributed by atoms with E-state index in [9.17, 15) is 0 Å². The lowest BCUT2D eigenvalue weighted by Crippen LogP contribution is -2.35. The van der Waals surface area contributed by atoms with Crippen LogP contribution >= 0.6 is 0 Å². The molecular formula is C15H23N5O. The Morgan fingerprint density at radius 1 is 1.38 bits per heavy atom. The van der Waals surface area contributed by atoms with Crippen LogP contribution in [0.1, 0.15) is 43.3 Å². The zero-order valence-corrected chi connectivity index (χ0v) is 12.7. The smallest absolute Gasteiger partial charge is 0.122 e. The maximum atomic E-state index is 5.64. The van der Waals surface area contributed by atoms with Crippen molar-refractivity contribution < 1.29 is 4.42 Å². The van der Waals surface area contributed by atoms with Crippen molar-refractivity contribution in [3.63, 3.8) is 0 Å². The lowest BCUT2D eigenvalue weighted by atomic mass is 10.1. The van der Waals surface area contributed by atoms with Crippen molar-refractivity contribution >= 4 is 0 Å². The number of likely N-dealkylation sites (tertiary alicyclic amines) is 1. The first-order valence-electron chi connectivity index (χ1n) is 7.61. The van der Waals surface area contributed by atoms with Crippen molar-refractivity contribution in [1.82, 2.24) is 25.2 Å². The molecule has 0 radical (unpaired) electrons. The molecule has 1 aliphatic rings. The van der Waals surface area contributed by atoms with Crippen LogP contribution in [0.5, 0.6) is 0 Å². The van der Waals surface area contributed by atoms with E-state index >= 15 is 0 Å². The van der Waals surface area contributed by atoms with E-state index in [4.69, 9.17) is 4.42 Å². The summed E-state index contributed by atoms with van der Waals surface area (Å²) in [6, 6.07) is 4.55. The normalized spacial score (nSPS) is 19.0. The van der Waals surface area contributed by atoms with Crippen LogP contribution in [-0.4, -0.2) is 39.5 Å². The Kier molecular flexibility index (Phi) is 4.36. The number of rotatable bonds is 6. The van der Waals surface area contributed by atoms with E-state index in [1.807, 2.05) is 24.0 Å². The summed E-state index contributed by atoms with van der Waals surface area (Å²) in [5.74, 6) is 1.04.